The van der Waals surface area contributed by atoms with Crippen LogP contribution in [0.15, 0.2) is 52.4 Å². The van der Waals surface area contributed by atoms with Crippen molar-refractivity contribution in [1.82, 2.24) is 0 Å². The normalized spacial score (nSPS) is 17.8. The van der Waals surface area contributed by atoms with E-state index >= 15 is 0 Å². The summed E-state index contributed by atoms with van der Waals surface area (Å²) in [5, 5.41) is 0. The van der Waals surface area contributed by atoms with Gasteiger partial charge in [0.05, 0.1) is 11.4 Å². The molecule has 1 aliphatic rings. The predicted molar refractivity (Wildman–Crippen MR) is 132 cm³/mol. The van der Waals surface area contributed by atoms with Crippen molar-refractivity contribution < 1.29 is 0 Å². The zero-order chi connectivity index (χ0) is 21.9. The molecule has 1 aliphatic carbocycles. The lowest BCUT2D eigenvalue weighted by Crippen LogP contribution is -2.15. The van der Waals surface area contributed by atoms with E-state index < -0.39 is 0 Å². The zero-order valence-electron chi connectivity index (χ0n) is 20.0. The molecule has 1 fully saturated rings. The predicted octanol–water partition coefficient (Wildman–Crippen LogP) is 8.26. The highest BCUT2D eigenvalue weighted by Crippen LogP contribution is 2.36. The van der Waals surface area contributed by atoms with E-state index in [-0.39, 0.29) is 10.8 Å². The lowest BCUT2D eigenvalue weighted by molar-refractivity contribution is 0.578. The van der Waals surface area contributed by atoms with Crippen LogP contribution in [0.2, 0.25) is 0 Å². The van der Waals surface area contributed by atoms with Gasteiger partial charge in [-0.2, -0.15) is 0 Å². The summed E-state index contributed by atoms with van der Waals surface area (Å²) in [5.74, 6) is 0. The first kappa shape index (κ1) is 22.5. The summed E-state index contributed by atoms with van der Waals surface area (Å²) >= 11 is 0. The summed E-state index contributed by atoms with van der Waals surface area (Å²) in [7, 11) is 0. The van der Waals surface area contributed by atoms with Crippen LogP contribution in [0.1, 0.15) is 90.8 Å². The summed E-state index contributed by atoms with van der Waals surface area (Å²) in [5.41, 5.74) is 9.02. The molecule has 0 N–H and O–H groups in total. The van der Waals surface area contributed by atoms with Crippen LogP contribution in [-0.2, 0) is 17.3 Å². The minimum Gasteiger partial charge on any atom is -0.257 e. The first-order valence-electron chi connectivity index (χ1n) is 11.4. The van der Waals surface area contributed by atoms with Gasteiger partial charge in [0.25, 0.3) is 0 Å². The first-order valence-corrected chi connectivity index (χ1v) is 11.4. The minimum absolute atomic E-state index is 0.0738. The molecular weight excluding hydrogens is 364 g/mol. The van der Waals surface area contributed by atoms with Crippen LogP contribution in [0, 0.1) is 0 Å². The second-order valence-electron chi connectivity index (χ2n) is 10.6. The number of aliphatic imine (C=N–C) groups is 2. The second-order valence-corrected chi connectivity index (χ2v) is 10.6. The van der Waals surface area contributed by atoms with E-state index in [0.717, 1.165) is 43.5 Å². The molecule has 2 aromatic carbocycles. The fourth-order valence-electron chi connectivity index (χ4n) is 4.06. The van der Waals surface area contributed by atoms with Crippen LogP contribution in [-0.4, -0.2) is 11.4 Å². The van der Waals surface area contributed by atoms with Crippen LogP contribution in [0.3, 0.4) is 0 Å². The van der Waals surface area contributed by atoms with Crippen LogP contribution in [0.4, 0.5) is 11.4 Å². The highest BCUT2D eigenvalue weighted by Gasteiger charge is 2.23. The number of para-hydroxylation sites is 1. The smallest absolute Gasteiger partial charge is 0.0669 e. The molecule has 0 spiro atoms. The zero-order valence-corrected chi connectivity index (χ0v) is 20.0. The number of hydrogen-bond acceptors (Lipinski definition) is 2. The van der Waals surface area contributed by atoms with E-state index in [4.69, 9.17) is 9.98 Å². The average Bonchev–Trinajstić information content (AvgIpc) is 3.09. The molecule has 3 rings (SSSR count). The van der Waals surface area contributed by atoms with Gasteiger partial charge in [-0.05, 0) is 58.9 Å². The van der Waals surface area contributed by atoms with Gasteiger partial charge in [-0.1, -0.05) is 85.2 Å². The van der Waals surface area contributed by atoms with Gasteiger partial charge < -0.3 is 0 Å². The SMILES string of the molecule is CCCc1ccccc1N=C1CCC(=Nc2cc(C(C)(C)C)ccc2C(C)(C)C)C1. The van der Waals surface area contributed by atoms with Gasteiger partial charge in [0.2, 0.25) is 0 Å². The van der Waals surface area contributed by atoms with E-state index in [1.54, 1.807) is 0 Å². The first-order chi connectivity index (χ1) is 14.1. The van der Waals surface area contributed by atoms with E-state index in [9.17, 15) is 0 Å². The summed E-state index contributed by atoms with van der Waals surface area (Å²) in [6, 6.07) is 15.4. The molecule has 0 amide bonds. The summed E-state index contributed by atoms with van der Waals surface area (Å²) in [4.78, 5) is 10.2. The molecule has 0 radical (unpaired) electrons. The van der Waals surface area contributed by atoms with Crippen molar-refractivity contribution in [3.8, 4) is 0 Å². The highest BCUT2D eigenvalue weighted by atomic mass is 14.8. The van der Waals surface area contributed by atoms with Crippen molar-refractivity contribution in [2.24, 2.45) is 9.98 Å². The third-order valence-electron chi connectivity index (χ3n) is 5.85. The largest absolute Gasteiger partial charge is 0.257 e. The topological polar surface area (TPSA) is 24.7 Å². The Hall–Kier alpha value is -2.22. The van der Waals surface area contributed by atoms with Crippen molar-refractivity contribution in [1.29, 1.82) is 0 Å². The maximum atomic E-state index is 5.19. The number of rotatable bonds is 4. The Bertz CT molecular complexity index is 949. The standard InChI is InChI=1S/C28H38N2/c1-8-11-20-12-9-10-13-25(20)29-22-15-16-23(19-22)30-26-18-21(27(2,3)4)14-17-24(26)28(5,6)7/h9-10,12-14,17-18H,8,11,15-16,19H2,1-7H3. The van der Waals surface area contributed by atoms with Crippen molar-refractivity contribution in [3.05, 3.63) is 59.2 Å². The van der Waals surface area contributed by atoms with E-state index in [0.29, 0.717) is 0 Å². The van der Waals surface area contributed by atoms with Gasteiger partial charge in [-0.25, -0.2) is 0 Å². The van der Waals surface area contributed by atoms with Crippen molar-refractivity contribution in [2.75, 3.05) is 0 Å². The number of nitrogens with zero attached hydrogens (tertiary/aromatic N) is 2. The van der Waals surface area contributed by atoms with E-state index in [2.05, 4.69) is 90.9 Å². The summed E-state index contributed by atoms with van der Waals surface area (Å²) < 4.78 is 0. The molecule has 1 saturated carbocycles. The van der Waals surface area contributed by atoms with Crippen molar-refractivity contribution >= 4 is 22.8 Å². The molecule has 0 aliphatic heterocycles. The Morgan fingerprint density at radius 2 is 1.40 bits per heavy atom. The quantitative estimate of drug-likeness (QED) is 0.491. The monoisotopic (exact) mass is 402 g/mol. The number of benzene rings is 2. The molecule has 0 heterocycles. The summed E-state index contributed by atoms with van der Waals surface area (Å²) in [6.45, 7) is 15.8. The molecule has 0 saturated heterocycles. The van der Waals surface area contributed by atoms with Gasteiger partial charge in [-0.3, -0.25) is 9.98 Å². The molecule has 0 aromatic heterocycles. The fourth-order valence-corrected chi connectivity index (χ4v) is 4.06. The van der Waals surface area contributed by atoms with Crippen LogP contribution in [0.25, 0.3) is 0 Å². The molecule has 2 aromatic rings. The highest BCUT2D eigenvalue weighted by molar-refractivity contribution is 6.12. The van der Waals surface area contributed by atoms with Gasteiger partial charge in [-0.15, -0.1) is 0 Å². The molecule has 0 bridgehead atoms. The van der Waals surface area contributed by atoms with E-state index in [1.165, 1.54) is 28.1 Å². The Kier molecular flexibility index (Phi) is 6.65. The third-order valence-corrected chi connectivity index (χ3v) is 5.85. The van der Waals surface area contributed by atoms with Gasteiger partial charge >= 0.3 is 0 Å². The minimum atomic E-state index is 0.0738. The van der Waals surface area contributed by atoms with Crippen LogP contribution >= 0.6 is 0 Å². The molecule has 160 valence electrons. The van der Waals surface area contributed by atoms with Gasteiger partial charge in [0.15, 0.2) is 0 Å². The Morgan fingerprint density at radius 1 is 0.767 bits per heavy atom. The Labute approximate surface area is 183 Å². The maximum Gasteiger partial charge on any atom is 0.0669 e. The fraction of sp³-hybridized carbons (Fsp3) is 0.500. The third kappa shape index (κ3) is 5.47. The van der Waals surface area contributed by atoms with Crippen molar-refractivity contribution in [2.45, 2.75) is 91.4 Å². The molecule has 30 heavy (non-hydrogen) atoms. The second kappa shape index (κ2) is 8.88. The van der Waals surface area contributed by atoms with Gasteiger partial charge in [0, 0.05) is 17.8 Å². The lowest BCUT2D eigenvalue weighted by atomic mass is 9.81. The average molecular weight is 403 g/mol. The Morgan fingerprint density at radius 3 is 2.00 bits per heavy atom. The molecule has 0 unspecified atom stereocenters. The van der Waals surface area contributed by atoms with Gasteiger partial charge in [0.1, 0.15) is 0 Å². The molecule has 2 heteroatoms. The Balaban J connectivity index is 1.92. The van der Waals surface area contributed by atoms with Crippen molar-refractivity contribution in [3.63, 3.8) is 0 Å². The maximum absolute atomic E-state index is 5.19. The molecular formula is C28H38N2. The number of hydrogen-bond donors (Lipinski definition) is 0. The summed E-state index contributed by atoms with van der Waals surface area (Å²) in [6.07, 6.45) is 5.15. The van der Waals surface area contributed by atoms with E-state index in [1.807, 2.05) is 0 Å². The molecule has 0 atom stereocenters. The van der Waals surface area contributed by atoms with Crippen LogP contribution in [0.5, 0.6) is 0 Å². The lowest BCUT2D eigenvalue weighted by Gasteiger charge is -2.25. The number of aryl methyl sites for hydroxylation is 1. The molecule has 2 nitrogen and oxygen atoms in total. The van der Waals surface area contributed by atoms with Crippen LogP contribution < -0.4 is 0 Å².